The van der Waals surface area contributed by atoms with E-state index in [4.69, 9.17) is 4.74 Å². The van der Waals surface area contributed by atoms with Gasteiger partial charge in [-0.2, -0.15) is 0 Å². The van der Waals surface area contributed by atoms with Crippen LogP contribution in [-0.2, 0) is 4.74 Å². The summed E-state index contributed by atoms with van der Waals surface area (Å²) < 4.78 is 5.63. The van der Waals surface area contributed by atoms with Crippen molar-refractivity contribution in [2.75, 3.05) is 7.05 Å². The molecule has 0 aliphatic heterocycles. The molecule has 0 spiro atoms. The van der Waals surface area contributed by atoms with Gasteiger partial charge < -0.3 is 10.1 Å². The number of halogens is 1. The van der Waals surface area contributed by atoms with Gasteiger partial charge in [0.1, 0.15) is 15.9 Å². The molecule has 0 atom stereocenters. The van der Waals surface area contributed by atoms with Gasteiger partial charge in [-0.1, -0.05) is 0 Å². The lowest BCUT2D eigenvalue weighted by Gasteiger charge is -2.19. The van der Waals surface area contributed by atoms with Crippen LogP contribution in [0.25, 0.3) is 0 Å². The minimum absolute atomic E-state index is 0.160. The van der Waals surface area contributed by atoms with Crippen LogP contribution in [-0.4, -0.2) is 29.5 Å². The van der Waals surface area contributed by atoms with E-state index in [1.165, 1.54) is 19.2 Å². The number of carbonyl (C=O) groups is 2. The van der Waals surface area contributed by atoms with E-state index >= 15 is 0 Å². The van der Waals surface area contributed by atoms with Gasteiger partial charge in [0.2, 0.25) is 0 Å². The third-order valence-electron chi connectivity index (χ3n) is 1.89. The molecule has 1 rings (SSSR count). The number of rotatable bonds is 2. The molecule has 0 unspecified atom stereocenters. The molecule has 6 heteroatoms. The average molecular weight is 315 g/mol. The van der Waals surface area contributed by atoms with Crippen LogP contribution in [0.4, 0.5) is 0 Å². The summed E-state index contributed by atoms with van der Waals surface area (Å²) >= 11 is 3.16. The van der Waals surface area contributed by atoms with Crippen LogP contribution in [0.3, 0.4) is 0 Å². The van der Waals surface area contributed by atoms with Crippen LogP contribution in [0.2, 0.25) is 0 Å². The van der Waals surface area contributed by atoms with Crippen LogP contribution >= 0.6 is 15.9 Å². The van der Waals surface area contributed by atoms with E-state index in [0.29, 0.717) is 4.60 Å². The average Bonchev–Trinajstić information content (AvgIpc) is 2.24. The zero-order chi connectivity index (χ0) is 13.9. The second kappa shape index (κ2) is 5.48. The van der Waals surface area contributed by atoms with Gasteiger partial charge in [-0.05, 0) is 48.8 Å². The Morgan fingerprint density at radius 2 is 1.94 bits per heavy atom. The molecule has 1 N–H and O–H groups in total. The Bertz CT molecular complexity index is 481. The number of carbonyl (C=O) groups excluding carboxylic acids is 2. The van der Waals surface area contributed by atoms with Crippen molar-refractivity contribution >= 4 is 27.8 Å². The summed E-state index contributed by atoms with van der Waals surface area (Å²) in [6.45, 7) is 5.34. The largest absolute Gasteiger partial charge is 0.456 e. The Morgan fingerprint density at radius 1 is 1.33 bits per heavy atom. The zero-order valence-corrected chi connectivity index (χ0v) is 12.3. The molecule has 0 saturated heterocycles. The Labute approximate surface area is 114 Å². The minimum Gasteiger partial charge on any atom is -0.456 e. The molecular weight excluding hydrogens is 300 g/mol. The summed E-state index contributed by atoms with van der Waals surface area (Å²) in [5, 5.41) is 2.45. The van der Waals surface area contributed by atoms with E-state index in [-0.39, 0.29) is 17.2 Å². The van der Waals surface area contributed by atoms with Crippen molar-refractivity contribution < 1.29 is 14.3 Å². The van der Waals surface area contributed by atoms with Crippen molar-refractivity contribution in [1.82, 2.24) is 10.3 Å². The zero-order valence-electron chi connectivity index (χ0n) is 10.7. The summed E-state index contributed by atoms with van der Waals surface area (Å²) in [7, 11) is 1.50. The van der Waals surface area contributed by atoms with Crippen LogP contribution in [0.5, 0.6) is 0 Å². The highest BCUT2D eigenvalue weighted by atomic mass is 79.9. The van der Waals surface area contributed by atoms with Crippen molar-refractivity contribution in [2.24, 2.45) is 0 Å². The Balaban J connectivity index is 3.06. The summed E-state index contributed by atoms with van der Waals surface area (Å²) in [5.74, 6) is -0.850. The minimum atomic E-state index is -0.583. The Hall–Kier alpha value is -1.43. The first-order chi connectivity index (χ1) is 8.23. The number of ether oxygens (including phenoxy) is 1. The number of hydrogen-bond donors (Lipinski definition) is 1. The fourth-order valence-electron chi connectivity index (χ4n) is 1.20. The van der Waals surface area contributed by atoms with Crippen molar-refractivity contribution in [3.63, 3.8) is 0 Å². The maximum atomic E-state index is 11.9. The normalized spacial score (nSPS) is 10.9. The molecule has 18 heavy (non-hydrogen) atoms. The molecule has 5 nitrogen and oxygen atoms in total. The topological polar surface area (TPSA) is 68.3 Å². The summed E-state index contributed by atoms with van der Waals surface area (Å²) in [4.78, 5) is 27.3. The fraction of sp³-hybridized carbons (Fsp3) is 0.417. The van der Waals surface area contributed by atoms with Gasteiger partial charge in [-0.15, -0.1) is 0 Å². The molecule has 0 radical (unpaired) electrons. The van der Waals surface area contributed by atoms with E-state index < -0.39 is 11.6 Å². The number of hydrogen-bond acceptors (Lipinski definition) is 4. The van der Waals surface area contributed by atoms with Crippen molar-refractivity contribution in [1.29, 1.82) is 0 Å². The third kappa shape index (κ3) is 4.10. The maximum absolute atomic E-state index is 11.9. The SMILES string of the molecule is CNC(=O)c1cc(C(=O)OC(C)(C)C)cc(Br)n1. The molecule has 1 aromatic heterocycles. The number of esters is 1. The van der Waals surface area contributed by atoms with E-state index in [1.54, 1.807) is 20.8 Å². The molecule has 0 bridgehead atoms. The fourth-order valence-corrected chi connectivity index (χ4v) is 1.63. The van der Waals surface area contributed by atoms with Crippen LogP contribution in [0.1, 0.15) is 41.6 Å². The quantitative estimate of drug-likeness (QED) is 0.671. The first kappa shape index (κ1) is 14.6. The van der Waals surface area contributed by atoms with Crippen molar-refractivity contribution in [2.45, 2.75) is 26.4 Å². The summed E-state index contributed by atoms with van der Waals surface area (Å²) in [5.41, 5.74) is -0.141. The molecule has 98 valence electrons. The van der Waals surface area contributed by atoms with Gasteiger partial charge in [0.25, 0.3) is 5.91 Å². The lowest BCUT2D eigenvalue weighted by Crippen LogP contribution is -2.25. The Kier molecular flexibility index (Phi) is 4.45. The number of nitrogens with one attached hydrogen (secondary N) is 1. The van der Waals surface area contributed by atoms with Gasteiger partial charge in [-0.3, -0.25) is 4.79 Å². The number of nitrogens with zero attached hydrogens (tertiary/aromatic N) is 1. The summed E-state index contributed by atoms with van der Waals surface area (Å²) in [6.07, 6.45) is 0. The lowest BCUT2D eigenvalue weighted by atomic mass is 10.1. The first-order valence-corrected chi connectivity index (χ1v) is 6.15. The smallest absolute Gasteiger partial charge is 0.338 e. The molecule has 0 aromatic carbocycles. The van der Waals surface area contributed by atoms with Gasteiger partial charge in [0.05, 0.1) is 5.56 Å². The van der Waals surface area contributed by atoms with Crippen LogP contribution in [0.15, 0.2) is 16.7 Å². The highest BCUT2D eigenvalue weighted by molar-refractivity contribution is 9.10. The predicted molar refractivity (Wildman–Crippen MR) is 70.5 cm³/mol. The van der Waals surface area contributed by atoms with Crippen LogP contribution < -0.4 is 5.32 Å². The number of aromatic nitrogens is 1. The molecule has 1 heterocycles. The number of amides is 1. The van der Waals surface area contributed by atoms with E-state index in [2.05, 4.69) is 26.2 Å². The van der Waals surface area contributed by atoms with E-state index in [9.17, 15) is 9.59 Å². The second-order valence-electron chi connectivity index (χ2n) is 4.64. The first-order valence-electron chi connectivity index (χ1n) is 5.36. The van der Waals surface area contributed by atoms with E-state index in [1.807, 2.05) is 0 Å². The van der Waals surface area contributed by atoms with Crippen molar-refractivity contribution in [3.05, 3.63) is 28.0 Å². The van der Waals surface area contributed by atoms with E-state index in [0.717, 1.165) is 0 Å². The second-order valence-corrected chi connectivity index (χ2v) is 5.46. The molecule has 0 saturated carbocycles. The standard InChI is InChI=1S/C12H15BrN2O3/c1-12(2,3)18-11(17)7-5-8(10(16)14-4)15-9(13)6-7/h5-6H,1-4H3,(H,14,16). The highest BCUT2D eigenvalue weighted by Crippen LogP contribution is 2.16. The van der Waals surface area contributed by atoms with Gasteiger partial charge >= 0.3 is 5.97 Å². The third-order valence-corrected chi connectivity index (χ3v) is 2.29. The summed E-state index contributed by atoms with van der Waals surface area (Å²) in [6, 6.07) is 2.91. The van der Waals surface area contributed by atoms with Gasteiger partial charge in [0.15, 0.2) is 0 Å². The monoisotopic (exact) mass is 314 g/mol. The predicted octanol–water partition coefficient (Wildman–Crippen LogP) is 2.16. The molecule has 1 amide bonds. The van der Waals surface area contributed by atoms with Gasteiger partial charge in [-0.25, -0.2) is 9.78 Å². The number of pyridine rings is 1. The molecular formula is C12H15BrN2O3. The molecule has 0 aliphatic rings. The molecule has 1 aromatic rings. The highest BCUT2D eigenvalue weighted by Gasteiger charge is 2.20. The van der Waals surface area contributed by atoms with Crippen molar-refractivity contribution in [3.8, 4) is 0 Å². The van der Waals surface area contributed by atoms with Gasteiger partial charge in [0, 0.05) is 7.05 Å². The molecule has 0 aliphatic carbocycles. The van der Waals surface area contributed by atoms with Crippen LogP contribution in [0, 0.1) is 0 Å². The maximum Gasteiger partial charge on any atom is 0.338 e. The molecule has 0 fully saturated rings. The lowest BCUT2D eigenvalue weighted by molar-refractivity contribution is 0.00693. The Morgan fingerprint density at radius 3 is 2.44 bits per heavy atom.